The van der Waals surface area contributed by atoms with Crippen LogP contribution in [-0.4, -0.2) is 19.7 Å². The van der Waals surface area contributed by atoms with E-state index in [2.05, 4.69) is 11.9 Å². The molecular formula is C13H16F3NO. The number of rotatable bonds is 6. The number of ether oxygens (including phenoxy) is 1. The second-order valence-electron chi connectivity index (χ2n) is 3.81. The Morgan fingerprint density at radius 1 is 1.33 bits per heavy atom. The fourth-order valence-corrected chi connectivity index (χ4v) is 1.36. The third kappa shape index (κ3) is 4.41. The van der Waals surface area contributed by atoms with Gasteiger partial charge in [-0.1, -0.05) is 25.6 Å². The molecule has 0 saturated carbocycles. The molecule has 0 aromatic heterocycles. The van der Waals surface area contributed by atoms with Crippen LogP contribution in [0.2, 0.25) is 0 Å². The van der Waals surface area contributed by atoms with Crippen LogP contribution in [0.3, 0.4) is 0 Å². The van der Waals surface area contributed by atoms with Crippen LogP contribution in [-0.2, 0) is 6.18 Å². The molecule has 0 unspecified atom stereocenters. The Labute approximate surface area is 104 Å². The lowest BCUT2D eigenvalue weighted by Crippen LogP contribution is -2.19. The lowest BCUT2D eigenvalue weighted by molar-refractivity contribution is -0.138. The molecule has 0 bridgehead atoms. The highest BCUT2D eigenvalue weighted by atomic mass is 19.4. The van der Waals surface area contributed by atoms with E-state index < -0.39 is 11.7 Å². The molecule has 0 aliphatic rings. The molecule has 5 heteroatoms. The maximum atomic E-state index is 12.7. The standard InChI is InChI=1S/C13H16F3NO/c1-3-17-8-10(2)9-18-12-7-5-4-6-11(12)13(14,15)16/h4-7,17H,2-3,8-9H2,1H3. The first-order valence-corrected chi connectivity index (χ1v) is 5.61. The molecule has 100 valence electrons. The van der Waals surface area contributed by atoms with E-state index in [1.807, 2.05) is 6.92 Å². The SMILES string of the molecule is C=C(CNCC)COc1ccccc1C(F)(F)F. The molecular weight excluding hydrogens is 243 g/mol. The van der Waals surface area contributed by atoms with Crippen LogP contribution in [0.15, 0.2) is 36.4 Å². The van der Waals surface area contributed by atoms with Gasteiger partial charge in [0.15, 0.2) is 0 Å². The number of likely N-dealkylation sites (N-methyl/N-ethyl adjacent to an activating group) is 1. The molecule has 1 aromatic rings. The van der Waals surface area contributed by atoms with Crippen molar-refractivity contribution in [3.8, 4) is 5.75 Å². The van der Waals surface area contributed by atoms with Gasteiger partial charge in [0.1, 0.15) is 12.4 Å². The minimum absolute atomic E-state index is 0.0695. The predicted molar refractivity (Wildman–Crippen MR) is 64.6 cm³/mol. The van der Waals surface area contributed by atoms with E-state index in [0.717, 1.165) is 12.6 Å². The third-order valence-corrected chi connectivity index (χ3v) is 2.25. The van der Waals surface area contributed by atoms with Gasteiger partial charge >= 0.3 is 6.18 Å². The zero-order chi connectivity index (χ0) is 13.6. The number of hydrogen-bond donors (Lipinski definition) is 1. The number of benzene rings is 1. The van der Waals surface area contributed by atoms with Gasteiger partial charge in [-0.2, -0.15) is 13.2 Å². The van der Waals surface area contributed by atoms with Gasteiger partial charge in [0.05, 0.1) is 5.56 Å². The first-order chi connectivity index (χ1) is 8.45. The van der Waals surface area contributed by atoms with Gasteiger partial charge < -0.3 is 10.1 Å². The molecule has 0 amide bonds. The summed E-state index contributed by atoms with van der Waals surface area (Å²) in [5.74, 6) is -0.164. The second-order valence-corrected chi connectivity index (χ2v) is 3.81. The van der Waals surface area contributed by atoms with E-state index in [1.165, 1.54) is 18.2 Å². The fraction of sp³-hybridized carbons (Fsp3) is 0.385. The molecule has 0 fully saturated rings. The summed E-state index contributed by atoms with van der Waals surface area (Å²) in [6.07, 6.45) is -4.40. The van der Waals surface area contributed by atoms with E-state index in [4.69, 9.17) is 4.74 Å². The van der Waals surface area contributed by atoms with Crippen molar-refractivity contribution in [3.05, 3.63) is 42.0 Å². The van der Waals surface area contributed by atoms with Gasteiger partial charge in [-0.3, -0.25) is 0 Å². The van der Waals surface area contributed by atoms with Crippen LogP contribution >= 0.6 is 0 Å². The van der Waals surface area contributed by atoms with E-state index >= 15 is 0 Å². The van der Waals surface area contributed by atoms with Gasteiger partial charge in [0.2, 0.25) is 0 Å². The van der Waals surface area contributed by atoms with Gasteiger partial charge in [-0.05, 0) is 24.3 Å². The molecule has 1 N–H and O–H groups in total. The predicted octanol–water partition coefficient (Wildman–Crippen LogP) is 3.25. The van der Waals surface area contributed by atoms with Crippen LogP contribution in [0.4, 0.5) is 13.2 Å². The number of alkyl halides is 3. The lowest BCUT2D eigenvalue weighted by atomic mass is 10.2. The molecule has 0 saturated heterocycles. The van der Waals surface area contributed by atoms with Crippen molar-refractivity contribution in [2.24, 2.45) is 0 Å². The van der Waals surface area contributed by atoms with Crippen LogP contribution in [0, 0.1) is 0 Å². The van der Waals surface area contributed by atoms with Crippen molar-refractivity contribution in [2.75, 3.05) is 19.7 Å². The summed E-state index contributed by atoms with van der Waals surface area (Å²) < 4.78 is 43.1. The Balaban J connectivity index is 2.65. The van der Waals surface area contributed by atoms with Crippen LogP contribution < -0.4 is 10.1 Å². The third-order valence-electron chi connectivity index (χ3n) is 2.25. The molecule has 0 spiro atoms. The molecule has 18 heavy (non-hydrogen) atoms. The summed E-state index contributed by atoms with van der Waals surface area (Å²) in [4.78, 5) is 0. The minimum atomic E-state index is -4.40. The van der Waals surface area contributed by atoms with Gasteiger partial charge in [-0.25, -0.2) is 0 Å². The first kappa shape index (κ1) is 14.6. The van der Waals surface area contributed by atoms with Gasteiger partial charge in [0, 0.05) is 6.54 Å². The molecule has 1 rings (SSSR count). The molecule has 0 atom stereocenters. The molecule has 2 nitrogen and oxygen atoms in total. The quantitative estimate of drug-likeness (QED) is 0.792. The average molecular weight is 259 g/mol. The van der Waals surface area contributed by atoms with Crippen molar-refractivity contribution >= 4 is 0 Å². The molecule has 0 heterocycles. The first-order valence-electron chi connectivity index (χ1n) is 5.61. The summed E-state index contributed by atoms with van der Waals surface area (Å²) in [7, 11) is 0. The highest BCUT2D eigenvalue weighted by molar-refractivity contribution is 5.35. The second kappa shape index (κ2) is 6.44. The largest absolute Gasteiger partial charge is 0.489 e. The van der Waals surface area contributed by atoms with Crippen molar-refractivity contribution in [3.63, 3.8) is 0 Å². The van der Waals surface area contributed by atoms with Crippen LogP contribution in [0.25, 0.3) is 0 Å². The van der Waals surface area contributed by atoms with E-state index in [-0.39, 0.29) is 12.4 Å². The average Bonchev–Trinajstić information content (AvgIpc) is 2.33. The zero-order valence-corrected chi connectivity index (χ0v) is 10.2. The van der Waals surface area contributed by atoms with Gasteiger partial charge in [-0.15, -0.1) is 0 Å². The van der Waals surface area contributed by atoms with Gasteiger partial charge in [0.25, 0.3) is 0 Å². The van der Waals surface area contributed by atoms with E-state index in [9.17, 15) is 13.2 Å². The number of nitrogens with one attached hydrogen (secondary N) is 1. The summed E-state index contributed by atoms with van der Waals surface area (Å²) >= 11 is 0. The fourth-order valence-electron chi connectivity index (χ4n) is 1.36. The summed E-state index contributed by atoms with van der Waals surface area (Å²) in [6.45, 7) is 7.05. The van der Waals surface area contributed by atoms with Crippen LogP contribution in [0.1, 0.15) is 12.5 Å². The Morgan fingerprint density at radius 3 is 2.61 bits per heavy atom. The normalized spacial score (nSPS) is 11.3. The summed E-state index contributed by atoms with van der Waals surface area (Å²) in [6, 6.07) is 5.16. The topological polar surface area (TPSA) is 21.3 Å². The highest BCUT2D eigenvalue weighted by Gasteiger charge is 2.33. The number of halogens is 3. The maximum Gasteiger partial charge on any atom is 0.419 e. The Kier molecular flexibility index (Phi) is 5.22. The van der Waals surface area contributed by atoms with Crippen molar-refractivity contribution in [1.82, 2.24) is 5.32 Å². The molecule has 0 aliphatic heterocycles. The Bertz CT molecular complexity index is 401. The Hall–Kier alpha value is -1.49. The maximum absolute atomic E-state index is 12.7. The van der Waals surface area contributed by atoms with Crippen molar-refractivity contribution in [1.29, 1.82) is 0 Å². The van der Waals surface area contributed by atoms with Crippen LogP contribution in [0.5, 0.6) is 5.75 Å². The monoisotopic (exact) mass is 259 g/mol. The highest BCUT2D eigenvalue weighted by Crippen LogP contribution is 2.35. The van der Waals surface area contributed by atoms with Crippen molar-refractivity contribution < 1.29 is 17.9 Å². The molecule has 0 aliphatic carbocycles. The molecule has 0 radical (unpaired) electrons. The minimum Gasteiger partial charge on any atom is -0.489 e. The summed E-state index contributed by atoms with van der Waals surface area (Å²) in [5.41, 5.74) is -0.0601. The zero-order valence-electron chi connectivity index (χ0n) is 10.2. The smallest absolute Gasteiger partial charge is 0.419 e. The van der Waals surface area contributed by atoms with E-state index in [0.29, 0.717) is 12.1 Å². The Morgan fingerprint density at radius 2 is 2.00 bits per heavy atom. The number of hydrogen-bond acceptors (Lipinski definition) is 2. The van der Waals surface area contributed by atoms with Crippen molar-refractivity contribution in [2.45, 2.75) is 13.1 Å². The summed E-state index contributed by atoms with van der Waals surface area (Å²) in [5, 5.41) is 3.03. The lowest BCUT2D eigenvalue weighted by Gasteiger charge is -2.14. The number of para-hydroxylation sites is 1. The molecule has 1 aromatic carbocycles. The van der Waals surface area contributed by atoms with E-state index in [1.54, 1.807) is 0 Å².